The van der Waals surface area contributed by atoms with E-state index in [9.17, 15) is 9.59 Å². The van der Waals surface area contributed by atoms with Gasteiger partial charge in [0.15, 0.2) is 0 Å². The molecule has 0 saturated carbocycles. The van der Waals surface area contributed by atoms with Crippen molar-refractivity contribution in [2.45, 2.75) is 13.5 Å². The summed E-state index contributed by atoms with van der Waals surface area (Å²) >= 11 is 0. The number of aromatic amines is 1. The number of hydrogen-bond donors (Lipinski definition) is 3. The minimum absolute atomic E-state index is 0.226. The Morgan fingerprint density at radius 2 is 2.32 bits per heavy atom. The predicted octanol–water partition coefficient (Wildman–Crippen LogP) is 0.397. The van der Waals surface area contributed by atoms with Crippen LogP contribution >= 0.6 is 0 Å². The van der Waals surface area contributed by atoms with E-state index in [0.717, 1.165) is 0 Å². The second-order valence-corrected chi connectivity index (χ2v) is 3.97. The molecule has 7 nitrogen and oxygen atoms in total. The molecule has 1 heterocycles. The summed E-state index contributed by atoms with van der Waals surface area (Å²) in [6, 6.07) is 4.96. The summed E-state index contributed by atoms with van der Waals surface area (Å²) < 4.78 is 6.61. The fourth-order valence-electron chi connectivity index (χ4n) is 1.83. The topological polar surface area (TPSA) is 102 Å². The molecule has 102 valence electrons. The van der Waals surface area contributed by atoms with E-state index in [2.05, 4.69) is 10.3 Å². The average Bonchev–Trinajstić information content (AvgIpc) is 2.67. The summed E-state index contributed by atoms with van der Waals surface area (Å²) in [5, 5.41) is 2.53. The number of nitrogens with two attached hydrogens (primary N) is 1. The Hall–Kier alpha value is -2.28. The molecular weight excluding hydrogens is 248 g/mol. The van der Waals surface area contributed by atoms with Crippen LogP contribution in [0.4, 0.5) is 4.79 Å². The van der Waals surface area contributed by atoms with Crippen molar-refractivity contribution in [2.75, 3.05) is 13.1 Å². The lowest BCUT2D eigenvalue weighted by Gasteiger charge is -2.05. The zero-order valence-electron chi connectivity index (χ0n) is 10.6. The Labute approximate surface area is 109 Å². The van der Waals surface area contributed by atoms with Crippen LogP contribution in [0.15, 0.2) is 23.0 Å². The highest BCUT2D eigenvalue weighted by molar-refractivity contribution is 5.78. The standard InChI is InChI=1S/C12H16N4O3/c1-2-14-12(18)19-8-3-4-9-10(7-8)16(6-5-13)11(17)15-9/h3-4,7H,2,5-6,13H2,1H3,(H,14,18)(H,15,17). The first kappa shape index (κ1) is 13.2. The third kappa shape index (κ3) is 2.76. The largest absolute Gasteiger partial charge is 0.412 e. The Kier molecular flexibility index (Phi) is 3.86. The van der Waals surface area contributed by atoms with Crippen LogP contribution in [0.1, 0.15) is 6.92 Å². The molecule has 2 aromatic rings. The number of amides is 1. The van der Waals surface area contributed by atoms with E-state index in [-0.39, 0.29) is 5.69 Å². The maximum Gasteiger partial charge on any atom is 0.412 e. The normalized spacial score (nSPS) is 10.6. The maximum atomic E-state index is 11.7. The number of rotatable bonds is 4. The van der Waals surface area contributed by atoms with Crippen LogP contribution in [0.5, 0.6) is 5.75 Å². The summed E-state index contributed by atoms with van der Waals surface area (Å²) in [5.74, 6) is 0.378. The second kappa shape index (κ2) is 5.57. The number of carbonyl (C=O) groups excluding carboxylic acids is 1. The van der Waals surface area contributed by atoms with Gasteiger partial charge in [-0.05, 0) is 19.1 Å². The molecule has 0 radical (unpaired) electrons. The molecule has 4 N–H and O–H groups in total. The molecule has 0 saturated heterocycles. The van der Waals surface area contributed by atoms with E-state index in [1.54, 1.807) is 25.1 Å². The molecule has 0 fully saturated rings. The number of H-pyrrole nitrogens is 1. The van der Waals surface area contributed by atoms with E-state index in [1.165, 1.54) is 4.57 Å². The molecule has 1 amide bonds. The molecule has 0 spiro atoms. The van der Waals surface area contributed by atoms with Gasteiger partial charge in [0.1, 0.15) is 5.75 Å². The van der Waals surface area contributed by atoms with Gasteiger partial charge >= 0.3 is 11.8 Å². The Bertz CT molecular complexity index is 644. The van der Waals surface area contributed by atoms with Crippen molar-refractivity contribution in [2.24, 2.45) is 5.73 Å². The molecule has 0 aliphatic carbocycles. The van der Waals surface area contributed by atoms with Gasteiger partial charge in [-0.1, -0.05) is 0 Å². The molecule has 1 aromatic heterocycles. The zero-order valence-corrected chi connectivity index (χ0v) is 10.6. The fourth-order valence-corrected chi connectivity index (χ4v) is 1.83. The van der Waals surface area contributed by atoms with Crippen LogP contribution in [0, 0.1) is 0 Å². The minimum Gasteiger partial charge on any atom is -0.410 e. The molecule has 0 unspecified atom stereocenters. The Morgan fingerprint density at radius 3 is 3.00 bits per heavy atom. The van der Waals surface area contributed by atoms with Gasteiger partial charge in [0.05, 0.1) is 11.0 Å². The number of nitrogens with one attached hydrogen (secondary N) is 2. The summed E-state index contributed by atoms with van der Waals surface area (Å²) in [5.41, 5.74) is 6.59. The Balaban J connectivity index is 2.35. The van der Waals surface area contributed by atoms with Crippen LogP contribution in [0.25, 0.3) is 11.0 Å². The smallest absolute Gasteiger partial charge is 0.410 e. The first-order valence-corrected chi connectivity index (χ1v) is 6.04. The lowest BCUT2D eigenvalue weighted by atomic mass is 10.3. The minimum atomic E-state index is -0.523. The highest BCUT2D eigenvalue weighted by Gasteiger charge is 2.09. The Morgan fingerprint density at radius 1 is 1.53 bits per heavy atom. The number of ether oxygens (including phenoxy) is 1. The lowest BCUT2D eigenvalue weighted by molar-refractivity contribution is 0.201. The van der Waals surface area contributed by atoms with Crippen molar-refractivity contribution in [3.63, 3.8) is 0 Å². The summed E-state index contributed by atoms with van der Waals surface area (Å²) in [4.78, 5) is 25.7. The van der Waals surface area contributed by atoms with Crippen molar-refractivity contribution < 1.29 is 9.53 Å². The van der Waals surface area contributed by atoms with E-state index >= 15 is 0 Å². The molecule has 1 aromatic carbocycles. The van der Waals surface area contributed by atoms with Gasteiger partial charge in [0.25, 0.3) is 0 Å². The molecule has 0 aliphatic heterocycles. The van der Waals surface area contributed by atoms with E-state index in [0.29, 0.717) is 36.4 Å². The summed E-state index contributed by atoms with van der Waals surface area (Å²) in [6.07, 6.45) is -0.523. The number of hydrogen-bond acceptors (Lipinski definition) is 4. The third-order valence-corrected chi connectivity index (χ3v) is 2.63. The van der Waals surface area contributed by atoms with Gasteiger partial charge in [0.2, 0.25) is 0 Å². The van der Waals surface area contributed by atoms with Gasteiger partial charge in [-0.3, -0.25) is 4.57 Å². The van der Waals surface area contributed by atoms with Crippen molar-refractivity contribution >= 4 is 17.1 Å². The predicted molar refractivity (Wildman–Crippen MR) is 71.3 cm³/mol. The number of nitrogens with zero attached hydrogens (tertiary/aromatic N) is 1. The van der Waals surface area contributed by atoms with E-state index in [4.69, 9.17) is 10.5 Å². The molecular formula is C12H16N4O3. The number of aromatic nitrogens is 2. The number of carbonyl (C=O) groups is 1. The van der Waals surface area contributed by atoms with Crippen molar-refractivity contribution in [1.82, 2.24) is 14.9 Å². The van der Waals surface area contributed by atoms with Gasteiger partial charge in [-0.25, -0.2) is 9.59 Å². The van der Waals surface area contributed by atoms with E-state index in [1.807, 2.05) is 0 Å². The lowest BCUT2D eigenvalue weighted by Crippen LogP contribution is -2.26. The van der Waals surface area contributed by atoms with Crippen LogP contribution < -0.4 is 21.5 Å². The highest BCUT2D eigenvalue weighted by atomic mass is 16.6. The quantitative estimate of drug-likeness (QED) is 0.743. The molecule has 2 rings (SSSR count). The highest BCUT2D eigenvalue weighted by Crippen LogP contribution is 2.18. The number of benzene rings is 1. The van der Waals surface area contributed by atoms with Crippen molar-refractivity contribution in [1.29, 1.82) is 0 Å². The molecule has 19 heavy (non-hydrogen) atoms. The van der Waals surface area contributed by atoms with Crippen LogP contribution in [-0.4, -0.2) is 28.7 Å². The summed E-state index contributed by atoms with van der Waals surface area (Å²) in [6.45, 7) is 3.05. The molecule has 0 aliphatic rings. The summed E-state index contributed by atoms with van der Waals surface area (Å²) in [7, 11) is 0. The van der Waals surface area contributed by atoms with Crippen molar-refractivity contribution in [3.05, 3.63) is 28.7 Å². The van der Waals surface area contributed by atoms with Gasteiger partial charge in [0, 0.05) is 25.7 Å². The first-order chi connectivity index (χ1) is 9.15. The van der Waals surface area contributed by atoms with Gasteiger partial charge in [-0.2, -0.15) is 0 Å². The first-order valence-electron chi connectivity index (χ1n) is 6.04. The SMILES string of the molecule is CCNC(=O)Oc1ccc2[nH]c(=O)n(CCN)c2c1. The average molecular weight is 264 g/mol. The van der Waals surface area contributed by atoms with Crippen LogP contribution in [0.3, 0.4) is 0 Å². The van der Waals surface area contributed by atoms with Crippen LogP contribution in [0.2, 0.25) is 0 Å². The van der Waals surface area contributed by atoms with Crippen molar-refractivity contribution in [3.8, 4) is 5.75 Å². The monoisotopic (exact) mass is 264 g/mol. The molecule has 0 bridgehead atoms. The second-order valence-electron chi connectivity index (χ2n) is 3.97. The zero-order chi connectivity index (χ0) is 13.8. The maximum absolute atomic E-state index is 11.7. The fraction of sp³-hybridized carbons (Fsp3) is 0.333. The van der Waals surface area contributed by atoms with E-state index < -0.39 is 6.09 Å². The number of fused-ring (bicyclic) bond motifs is 1. The van der Waals surface area contributed by atoms with Gasteiger partial charge in [-0.15, -0.1) is 0 Å². The number of imidazole rings is 1. The third-order valence-electron chi connectivity index (χ3n) is 2.63. The molecule has 0 atom stereocenters. The van der Waals surface area contributed by atoms with Gasteiger partial charge < -0.3 is 20.8 Å². The van der Waals surface area contributed by atoms with Crippen LogP contribution in [-0.2, 0) is 6.54 Å². The molecule has 7 heteroatoms.